The highest BCUT2D eigenvalue weighted by atomic mass is 35.5. The lowest BCUT2D eigenvalue weighted by Gasteiger charge is -2.28. The number of aromatic nitrogens is 3. The zero-order valence-corrected chi connectivity index (χ0v) is 24.3. The van der Waals surface area contributed by atoms with Crippen molar-refractivity contribution in [2.75, 3.05) is 12.3 Å². The third-order valence-corrected chi connectivity index (χ3v) is 8.42. The van der Waals surface area contributed by atoms with E-state index in [4.69, 9.17) is 16.7 Å². The molecule has 1 fully saturated rings. The molecule has 2 aromatic rings. The van der Waals surface area contributed by atoms with Crippen molar-refractivity contribution in [3.05, 3.63) is 34.5 Å². The van der Waals surface area contributed by atoms with Crippen molar-refractivity contribution in [1.82, 2.24) is 19.9 Å². The van der Waals surface area contributed by atoms with Crippen molar-refractivity contribution in [2.45, 2.75) is 72.1 Å². The van der Waals surface area contributed by atoms with Crippen LogP contribution in [0.15, 0.2) is 12.3 Å². The highest BCUT2D eigenvalue weighted by molar-refractivity contribution is 7.89. The summed E-state index contributed by atoms with van der Waals surface area (Å²) in [6, 6.07) is 1.05. The van der Waals surface area contributed by atoms with Crippen molar-refractivity contribution in [1.29, 1.82) is 0 Å². The molecule has 41 heavy (non-hydrogen) atoms. The third kappa shape index (κ3) is 8.51. The van der Waals surface area contributed by atoms with Crippen molar-refractivity contribution in [2.24, 2.45) is 22.4 Å². The molecule has 1 aliphatic rings. The number of amides is 1. The number of pyridine rings is 1. The first-order valence-corrected chi connectivity index (χ1v) is 15.1. The van der Waals surface area contributed by atoms with E-state index >= 15 is 0 Å². The number of imidazole rings is 1. The third-order valence-electron chi connectivity index (χ3n) is 7.14. The summed E-state index contributed by atoms with van der Waals surface area (Å²) in [7, 11) is -3.56. The van der Waals surface area contributed by atoms with E-state index < -0.39 is 46.3 Å². The predicted octanol–water partition coefficient (Wildman–Crippen LogP) is 5.04. The molecule has 16 heteroatoms. The first-order chi connectivity index (χ1) is 18.9. The summed E-state index contributed by atoms with van der Waals surface area (Å²) in [5.74, 6) is -1.20. The van der Waals surface area contributed by atoms with Crippen LogP contribution in [0, 0.1) is 17.3 Å². The second kappa shape index (κ2) is 12.8. The quantitative estimate of drug-likeness (QED) is 0.335. The first kappa shape index (κ1) is 33.0. The van der Waals surface area contributed by atoms with Gasteiger partial charge < -0.3 is 10.1 Å². The molecule has 0 atom stereocenters. The van der Waals surface area contributed by atoms with E-state index in [2.05, 4.69) is 20.0 Å². The summed E-state index contributed by atoms with van der Waals surface area (Å²) in [4.78, 5) is 21.3. The van der Waals surface area contributed by atoms with Crippen LogP contribution in [0.1, 0.15) is 68.3 Å². The fourth-order valence-electron chi connectivity index (χ4n) is 4.83. The average Bonchev–Trinajstić information content (AvgIpc) is 3.17. The molecule has 0 unspecified atom stereocenters. The lowest BCUT2D eigenvalue weighted by Crippen LogP contribution is -2.34. The van der Waals surface area contributed by atoms with Gasteiger partial charge in [-0.25, -0.2) is 23.5 Å². The number of ether oxygens (including phenoxy) is 1. The molecule has 0 aliphatic heterocycles. The van der Waals surface area contributed by atoms with Crippen LogP contribution < -0.4 is 15.2 Å². The minimum absolute atomic E-state index is 0.0118. The Morgan fingerprint density at radius 1 is 1.22 bits per heavy atom. The van der Waals surface area contributed by atoms with Crippen LogP contribution in [-0.2, 0) is 22.9 Å². The Morgan fingerprint density at radius 3 is 2.37 bits per heavy atom. The number of nitrogens with two attached hydrogens (primary N) is 1. The second-order valence-corrected chi connectivity index (χ2v) is 12.9. The Morgan fingerprint density at radius 2 is 1.83 bits per heavy atom. The number of primary sulfonamides is 1. The minimum Gasteiger partial charge on any atom is -0.431 e. The number of hydrogen-bond donors (Lipinski definition) is 2. The Labute approximate surface area is 240 Å². The zero-order valence-electron chi connectivity index (χ0n) is 22.8. The van der Waals surface area contributed by atoms with Crippen molar-refractivity contribution in [3.63, 3.8) is 0 Å². The Hall–Kier alpha value is -2.52. The maximum atomic E-state index is 13.4. The summed E-state index contributed by atoms with van der Waals surface area (Å²) in [6.07, 6.45) is -1.08. The van der Waals surface area contributed by atoms with E-state index in [1.54, 1.807) is 6.92 Å². The molecular formula is C25H33ClF5N5O4S. The predicted molar refractivity (Wildman–Crippen MR) is 142 cm³/mol. The van der Waals surface area contributed by atoms with Crippen LogP contribution >= 0.6 is 11.6 Å². The average molecular weight is 630 g/mol. The van der Waals surface area contributed by atoms with Crippen LogP contribution in [0.5, 0.6) is 5.75 Å². The van der Waals surface area contributed by atoms with Crippen molar-refractivity contribution < 1.29 is 39.9 Å². The van der Waals surface area contributed by atoms with Gasteiger partial charge in [0.15, 0.2) is 17.3 Å². The summed E-state index contributed by atoms with van der Waals surface area (Å²) in [6.45, 7) is 0.629. The molecule has 0 radical (unpaired) electrons. The van der Waals surface area contributed by atoms with E-state index in [-0.39, 0.29) is 58.6 Å². The number of aryl methyl sites for hydroxylation is 1. The molecule has 1 amide bonds. The first-order valence-electron chi connectivity index (χ1n) is 13.0. The lowest BCUT2D eigenvalue weighted by molar-refractivity contribution is -0.211. The lowest BCUT2D eigenvalue weighted by atomic mass is 9.83. The number of hydrogen-bond acceptors (Lipinski definition) is 6. The van der Waals surface area contributed by atoms with Gasteiger partial charge in [0, 0.05) is 19.2 Å². The molecule has 0 saturated heterocycles. The number of nitrogens with one attached hydrogen (secondary N) is 1. The van der Waals surface area contributed by atoms with Gasteiger partial charge in [0.05, 0.1) is 11.2 Å². The summed E-state index contributed by atoms with van der Waals surface area (Å²) in [5.41, 5.74) is -2.33. The zero-order chi connectivity index (χ0) is 30.8. The standard InChI is InChI=1S/C25H33ClF5N5O4S/c1-4-18-35-19(22(37)34-11-14-5-7-15(8-6-14)13-41(32,38)39)20(26)36(18)21-17(40-23(27)28)9-16(12-33-21)10-24(2,3)25(29,30)31/h9,12,14-15,23H,4-8,10-11,13H2,1-3H3,(H,34,37)(H2,32,38,39). The number of rotatable bonds is 11. The smallest absolute Gasteiger partial charge is 0.394 e. The van der Waals surface area contributed by atoms with Gasteiger partial charge in [-0.05, 0) is 55.6 Å². The number of carbonyl (C=O) groups is 1. The molecule has 2 heterocycles. The molecule has 9 nitrogen and oxygen atoms in total. The number of halogens is 6. The molecular weight excluding hydrogens is 597 g/mol. The van der Waals surface area contributed by atoms with Crippen molar-refractivity contribution in [3.8, 4) is 11.6 Å². The fourth-order valence-corrected chi connectivity index (χ4v) is 6.12. The van der Waals surface area contributed by atoms with Crippen LogP contribution in [0.2, 0.25) is 5.15 Å². The highest BCUT2D eigenvalue weighted by Gasteiger charge is 2.47. The van der Waals surface area contributed by atoms with E-state index in [0.29, 0.717) is 25.7 Å². The summed E-state index contributed by atoms with van der Waals surface area (Å²) in [5, 5.41) is 7.66. The highest BCUT2D eigenvalue weighted by Crippen LogP contribution is 2.41. The van der Waals surface area contributed by atoms with Gasteiger partial charge in [0.2, 0.25) is 10.0 Å². The van der Waals surface area contributed by atoms with Gasteiger partial charge in [-0.2, -0.15) is 22.0 Å². The van der Waals surface area contributed by atoms with Crippen molar-refractivity contribution >= 4 is 27.5 Å². The monoisotopic (exact) mass is 629 g/mol. The molecule has 1 aliphatic carbocycles. The van der Waals surface area contributed by atoms with Crippen LogP contribution in [0.3, 0.4) is 0 Å². The van der Waals surface area contributed by atoms with Gasteiger partial charge in [0.25, 0.3) is 5.91 Å². The maximum absolute atomic E-state index is 13.4. The number of nitrogens with zero attached hydrogens (tertiary/aromatic N) is 3. The Kier molecular flexibility index (Phi) is 10.3. The Balaban J connectivity index is 1.82. The number of alkyl halides is 5. The van der Waals surface area contributed by atoms with E-state index in [9.17, 15) is 35.2 Å². The van der Waals surface area contributed by atoms with E-state index in [1.165, 1.54) is 0 Å². The van der Waals surface area contributed by atoms with Gasteiger partial charge in [-0.15, -0.1) is 0 Å². The normalized spacial score (nSPS) is 18.5. The van der Waals surface area contributed by atoms with E-state index in [0.717, 1.165) is 30.7 Å². The molecule has 230 valence electrons. The molecule has 2 aromatic heterocycles. The summed E-state index contributed by atoms with van der Waals surface area (Å²) >= 11 is 6.49. The maximum Gasteiger partial charge on any atom is 0.394 e. The van der Waals surface area contributed by atoms with Gasteiger partial charge >= 0.3 is 12.8 Å². The second-order valence-electron chi connectivity index (χ2n) is 10.9. The number of sulfonamides is 1. The SMILES string of the molecule is CCc1nc(C(=O)NCC2CCC(CS(N)(=O)=O)CC2)c(Cl)n1-c1ncc(CC(C)(C)C(F)(F)F)cc1OC(F)F. The summed E-state index contributed by atoms with van der Waals surface area (Å²) < 4.78 is 95.2. The molecule has 0 aromatic carbocycles. The molecule has 0 spiro atoms. The van der Waals surface area contributed by atoms with E-state index in [1.807, 2.05) is 0 Å². The van der Waals surface area contributed by atoms with Gasteiger partial charge in [-0.1, -0.05) is 32.4 Å². The van der Waals surface area contributed by atoms with Crippen LogP contribution in [0.4, 0.5) is 22.0 Å². The fraction of sp³-hybridized carbons (Fsp3) is 0.640. The molecule has 1 saturated carbocycles. The molecule has 3 rings (SSSR count). The molecule has 3 N–H and O–H groups in total. The largest absolute Gasteiger partial charge is 0.431 e. The Bertz CT molecular complexity index is 1340. The van der Waals surface area contributed by atoms with Crippen LogP contribution in [-0.4, -0.2) is 53.9 Å². The van der Waals surface area contributed by atoms with Gasteiger partial charge in [-0.3, -0.25) is 9.36 Å². The van der Waals surface area contributed by atoms with Crippen LogP contribution in [0.25, 0.3) is 5.82 Å². The topological polar surface area (TPSA) is 129 Å². The van der Waals surface area contributed by atoms with Gasteiger partial charge in [0.1, 0.15) is 11.0 Å². The molecule has 0 bridgehead atoms. The minimum atomic E-state index is -4.55. The number of carbonyl (C=O) groups excluding carboxylic acids is 1.